The highest BCUT2D eigenvalue weighted by Crippen LogP contribution is 2.32. The van der Waals surface area contributed by atoms with Crippen LogP contribution in [0.4, 0.5) is 17.1 Å². The fourth-order valence-corrected chi connectivity index (χ4v) is 4.91. The fraction of sp³-hybridized carbons (Fsp3) is 0.333. The van der Waals surface area contributed by atoms with E-state index >= 15 is 0 Å². The Morgan fingerprint density at radius 3 is 2.36 bits per heavy atom. The van der Waals surface area contributed by atoms with Gasteiger partial charge in [-0.1, -0.05) is 11.6 Å². The number of nitro groups is 1. The maximum Gasteiger partial charge on any atom is 0.293 e. The van der Waals surface area contributed by atoms with Crippen molar-refractivity contribution in [2.45, 2.75) is 12.8 Å². The van der Waals surface area contributed by atoms with Gasteiger partial charge in [0.15, 0.2) is 0 Å². The highest BCUT2D eigenvalue weighted by molar-refractivity contribution is 6.31. The fourth-order valence-electron chi connectivity index (χ4n) is 4.74. The van der Waals surface area contributed by atoms with Crippen molar-refractivity contribution >= 4 is 45.5 Å². The van der Waals surface area contributed by atoms with E-state index < -0.39 is 0 Å². The molecule has 0 spiro atoms. The molecule has 2 aromatic carbocycles. The van der Waals surface area contributed by atoms with E-state index in [1.165, 1.54) is 6.07 Å². The zero-order valence-electron chi connectivity index (χ0n) is 18.1. The van der Waals surface area contributed by atoms with Gasteiger partial charge in [0.25, 0.3) is 11.6 Å². The number of amides is 1. The molecule has 0 N–H and O–H groups in total. The zero-order valence-corrected chi connectivity index (χ0v) is 18.9. The highest BCUT2D eigenvalue weighted by atomic mass is 35.5. The van der Waals surface area contributed by atoms with Crippen molar-refractivity contribution in [2.24, 2.45) is 0 Å². The van der Waals surface area contributed by atoms with Crippen LogP contribution in [-0.2, 0) is 0 Å². The van der Waals surface area contributed by atoms with Crippen LogP contribution in [0.5, 0.6) is 0 Å². The van der Waals surface area contributed by atoms with Crippen LogP contribution in [0.3, 0.4) is 0 Å². The van der Waals surface area contributed by atoms with Gasteiger partial charge < -0.3 is 14.7 Å². The quantitative estimate of drug-likeness (QED) is 0.420. The van der Waals surface area contributed by atoms with Crippen LogP contribution in [-0.4, -0.2) is 60.0 Å². The average molecular weight is 466 g/mol. The summed E-state index contributed by atoms with van der Waals surface area (Å²) in [4.78, 5) is 34.9. The number of rotatable bonds is 4. The Bertz CT molecular complexity index is 1220. The highest BCUT2D eigenvalue weighted by Gasteiger charge is 2.27. The van der Waals surface area contributed by atoms with Crippen molar-refractivity contribution in [1.82, 2.24) is 9.88 Å². The first-order valence-corrected chi connectivity index (χ1v) is 11.5. The molecule has 9 heteroatoms. The number of hydrogen-bond acceptors (Lipinski definition) is 6. The number of halogens is 1. The Morgan fingerprint density at radius 1 is 0.909 bits per heavy atom. The molecule has 3 aromatic rings. The third-order valence-corrected chi connectivity index (χ3v) is 6.69. The monoisotopic (exact) mass is 465 g/mol. The van der Waals surface area contributed by atoms with Crippen molar-refractivity contribution in [1.29, 1.82) is 0 Å². The van der Waals surface area contributed by atoms with Crippen LogP contribution in [0.15, 0.2) is 48.7 Å². The van der Waals surface area contributed by atoms with Gasteiger partial charge in [0.1, 0.15) is 5.69 Å². The number of hydrogen-bond donors (Lipinski definition) is 0. The molecule has 3 heterocycles. The molecule has 0 saturated carbocycles. The maximum absolute atomic E-state index is 13.1. The first-order valence-electron chi connectivity index (χ1n) is 11.1. The summed E-state index contributed by atoms with van der Waals surface area (Å²) in [5.41, 5.74) is 2.87. The van der Waals surface area contributed by atoms with Crippen LogP contribution in [0.1, 0.15) is 23.2 Å². The molecule has 2 saturated heterocycles. The van der Waals surface area contributed by atoms with E-state index in [9.17, 15) is 14.9 Å². The van der Waals surface area contributed by atoms with E-state index in [1.54, 1.807) is 23.2 Å². The summed E-state index contributed by atoms with van der Waals surface area (Å²) in [7, 11) is 0. The molecule has 0 bridgehead atoms. The predicted octanol–water partition coefficient (Wildman–Crippen LogP) is 4.36. The molecule has 8 nitrogen and oxygen atoms in total. The van der Waals surface area contributed by atoms with E-state index in [0.29, 0.717) is 42.5 Å². The number of nitro benzene ring substituents is 1. The summed E-state index contributed by atoms with van der Waals surface area (Å²) in [5, 5.41) is 13.4. The summed E-state index contributed by atoms with van der Waals surface area (Å²) in [6.45, 7) is 4.04. The Kier molecular flexibility index (Phi) is 5.76. The lowest BCUT2D eigenvalue weighted by molar-refractivity contribution is -0.384. The number of anilines is 2. The lowest BCUT2D eigenvalue weighted by atomic mass is 10.1. The van der Waals surface area contributed by atoms with Crippen LogP contribution in [0, 0.1) is 10.1 Å². The molecular formula is C24H24ClN5O3. The largest absolute Gasteiger partial charge is 0.367 e. The number of benzene rings is 2. The second-order valence-corrected chi connectivity index (χ2v) is 8.86. The molecule has 2 aliphatic heterocycles. The molecule has 0 radical (unpaired) electrons. The Balaban J connectivity index is 1.32. The number of aromatic nitrogens is 1. The van der Waals surface area contributed by atoms with Crippen LogP contribution >= 0.6 is 11.6 Å². The van der Waals surface area contributed by atoms with Gasteiger partial charge in [-0.3, -0.25) is 19.9 Å². The third-order valence-electron chi connectivity index (χ3n) is 6.46. The molecule has 1 amide bonds. The standard InChI is InChI=1S/C24H24ClN5O3/c25-18-4-5-19-20(16-18)26-8-7-21(19)28-11-13-29(14-12-28)24(31)17-3-6-22(23(15-17)30(32)33)27-9-1-2-10-27/h3-8,15-16H,1-2,9-14H2. The molecule has 0 unspecified atom stereocenters. The van der Waals surface area contributed by atoms with Gasteiger partial charge in [-0.15, -0.1) is 0 Å². The molecule has 33 heavy (non-hydrogen) atoms. The lowest BCUT2D eigenvalue weighted by Gasteiger charge is -2.36. The first kappa shape index (κ1) is 21.5. The molecule has 0 aliphatic carbocycles. The number of nitrogens with zero attached hydrogens (tertiary/aromatic N) is 5. The van der Waals surface area contributed by atoms with Gasteiger partial charge in [-0.25, -0.2) is 0 Å². The van der Waals surface area contributed by atoms with Crippen LogP contribution in [0.25, 0.3) is 10.9 Å². The molecule has 2 aliphatic rings. The van der Waals surface area contributed by atoms with Crippen molar-refractivity contribution in [3.63, 3.8) is 0 Å². The number of fused-ring (bicyclic) bond motifs is 1. The van der Waals surface area contributed by atoms with Gasteiger partial charge >= 0.3 is 0 Å². The minimum Gasteiger partial charge on any atom is -0.367 e. The summed E-state index contributed by atoms with van der Waals surface area (Å²) in [5.74, 6) is -0.169. The average Bonchev–Trinajstić information content (AvgIpc) is 3.37. The van der Waals surface area contributed by atoms with E-state index in [1.807, 2.05) is 29.2 Å². The molecule has 0 atom stereocenters. The SMILES string of the molecule is O=C(c1ccc(N2CCCC2)c([N+](=O)[O-])c1)N1CCN(c2ccnc3cc(Cl)ccc23)CC1. The Hall–Kier alpha value is -3.39. The Labute approximate surface area is 196 Å². The van der Waals surface area contributed by atoms with E-state index in [-0.39, 0.29) is 16.5 Å². The second-order valence-electron chi connectivity index (χ2n) is 8.43. The molecule has 170 valence electrons. The molecule has 2 fully saturated rings. The van der Waals surface area contributed by atoms with Crippen molar-refractivity contribution < 1.29 is 9.72 Å². The summed E-state index contributed by atoms with van der Waals surface area (Å²) in [6.07, 6.45) is 3.83. The molecule has 1 aromatic heterocycles. The lowest BCUT2D eigenvalue weighted by Crippen LogP contribution is -2.48. The van der Waals surface area contributed by atoms with Gasteiger partial charge in [-0.2, -0.15) is 0 Å². The predicted molar refractivity (Wildman–Crippen MR) is 129 cm³/mol. The molecular weight excluding hydrogens is 442 g/mol. The van der Waals surface area contributed by atoms with Gasteiger partial charge in [0.05, 0.1) is 10.4 Å². The van der Waals surface area contributed by atoms with E-state index in [2.05, 4.69) is 9.88 Å². The third kappa shape index (κ3) is 4.18. The number of pyridine rings is 1. The van der Waals surface area contributed by atoms with Gasteiger partial charge in [0, 0.05) is 73.2 Å². The number of carbonyl (C=O) groups excluding carboxylic acids is 1. The topological polar surface area (TPSA) is 82.8 Å². The van der Waals surface area contributed by atoms with E-state index in [0.717, 1.165) is 42.5 Å². The molecule has 5 rings (SSSR count). The maximum atomic E-state index is 13.1. The Morgan fingerprint density at radius 2 is 1.64 bits per heavy atom. The minimum absolute atomic E-state index is 0.00306. The zero-order chi connectivity index (χ0) is 22.9. The van der Waals surface area contributed by atoms with Crippen LogP contribution in [0.2, 0.25) is 5.02 Å². The van der Waals surface area contributed by atoms with Crippen molar-refractivity contribution in [3.8, 4) is 0 Å². The van der Waals surface area contributed by atoms with Crippen molar-refractivity contribution in [2.75, 3.05) is 49.1 Å². The first-order chi connectivity index (χ1) is 16.0. The normalized spacial score (nSPS) is 16.5. The summed E-state index contributed by atoms with van der Waals surface area (Å²) < 4.78 is 0. The summed E-state index contributed by atoms with van der Waals surface area (Å²) in [6, 6.07) is 12.5. The second kappa shape index (κ2) is 8.86. The smallest absolute Gasteiger partial charge is 0.293 e. The van der Waals surface area contributed by atoms with Crippen molar-refractivity contribution in [3.05, 3.63) is 69.4 Å². The van der Waals surface area contributed by atoms with Gasteiger partial charge in [-0.05, 0) is 49.2 Å². The minimum atomic E-state index is -0.386. The summed E-state index contributed by atoms with van der Waals surface area (Å²) >= 11 is 6.10. The number of piperazine rings is 1. The van der Waals surface area contributed by atoms with E-state index in [4.69, 9.17) is 11.6 Å². The van der Waals surface area contributed by atoms with Gasteiger partial charge in [0.2, 0.25) is 0 Å². The number of carbonyl (C=O) groups is 1. The van der Waals surface area contributed by atoms with Crippen LogP contribution < -0.4 is 9.80 Å².